The largest absolute Gasteiger partial charge is 0.353 e. The van der Waals surface area contributed by atoms with Gasteiger partial charge in [0.15, 0.2) is 5.82 Å². The molecule has 14 heavy (non-hydrogen) atoms. The number of rotatable bonds is 4. The maximum Gasteiger partial charge on any atom is 0.222 e. The van der Waals surface area contributed by atoms with Gasteiger partial charge < -0.3 is 5.32 Å². The predicted octanol–water partition coefficient (Wildman–Crippen LogP) is 2.17. The molecule has 5 heteroatoms. The molecule has 0 saturated carbocycles. The van der Waals surface area contributed by atoms with Crippen LogP contribution >= 0.6 is 11.8 Å². The van der Waals surface area contributed by atoms with Crippen molar-refractivity contribution in [3.8, 4) is 0 Å². The lowest BCUT2D eigenvalue weighted by atomic mass is 10.2. The van der Waals surface area contributed by atoms with Crippen molar-refractivity contribution >= 4 is 17.7 Å². The smallest absolute Gasteiger partial charge is 0.222 e. The molecule has 0 atom stereocenters. The van der Waals surface area contributed by atoms with E-state index in [-0.39, 0.29) is 4.75 Å². The van der Waals surface area contributed by atoms with Crippen LogP contribution in [-0.2, 0) is 0 Å². The minimum absolute atomic E-state index is 0.123. The Bertz CT molecular complexity index is 287. The minimum atomic E-state index is -0.417. The van der Waals surface area contributed by atoms with Crippen molar-refractivity contribution in [2.24, 2.45) is 0 Å². The molecule has 0 aliphatic heterocycles. The van der Waals surface area contributed by atoms with E-state index in [9.17, 15) is 4.39 Å². The Labute approximate surface area is 87.5 Å². The molecule has 0 aliphatic rings. The fourth-order valence-corrected chi connectivity index (χ4v) is 0.984. The van der Waals surface area contributed by atoms with Crippen molar-refractivity contribution < 1.29 is 4.39 Å². The van der Waals surface area contributed by atoms with Crippen molar-refractivity contribution in [1.29, 1.82) is 0 Å². The normalized spacial score (nSPS) is 11.4. The molecular weight excluding hydrogens is 201 g/mol. The van der Waals surface area contributed by atoms with E-state index in [0.717, 1.165) is 18.9 Å². The lowest BCUT2D eigenvalue weighted by molar-refractivity contribution is 0.613. The van der Waals surface area contributed by atoms with Crippen LogP contribution in [-0.4, -0.2) is 27.5 Å². The summed E-state index contributed by atoms with van der Waals surface area (Å²) >= 11 is 1.76. The number of halogens is 1. The first kappa shape index (κ1) is 11.2. The van der Waals surface area contributed by atoms with Crippen LogP contribution in [0.5, 0.6) is 0 Å². The van der Waals surface area contributed by atoms with Gasteiger partial charge in [0.05, 0.1) is 12.4 Å². The number of hydrogen-bond donors (Lipinski definition) is 1. The van der Waals surface area contributed by atoms with Crippen LogP contribution in [0.2, 0.25) is 0 Å². The predicted molar refractivity (Wildman–Crippen MR) is 58.1 cm³/mol. The molecule has 0 radical (unpaired) electrons. The lowest BCUT2D eigenvalue weighted by Crippen LogP contribution is -2.26. The topological polar surface area (TPSA) is 37.8 Å². The SMILES string of the molecule is CSC(C)(C)CNc1ncc(F)cn1. The molecule has 1 heterocycles. The van der Waals surface area contributed by atoms with Crippen LogP contribution in [0.15, 0.2) is 12.4 Å². The Kier molecular flexibility index (Phi) is 3.69. The molecular formula is C9H14FN3S. The van der Waals surface area contributed by atoms with Crippen molar-refractivity contribution in [3.63, 3.8) is 0 Å². The third kappa shape index (κ3) is 3.49. The number of nitrogens with one attached hydrogen (secondary N) is 1. The van der Waals surface area contributed by atoms with Gasteiger partial charge in [-0.3, -0.25) is 0 Å². The highest BCUT2D eigenvalue weighted by molar-refractivity contribution is 7.99. The molecule has 0 amide bonds. The van der Waals surface area contributed by atoms with E-state index >= 15 is 0 Å². The van der Waals surface area contributed by atoms with Crippen LogP contribution < -0.4 is 5.32 Å². The zero-order chi connectivity index (χ0) is 10.6. The number of thioether (sulfide) groups is 1. The number of nitrogens with zero attached hydrogens (tertiary/aromatic N) is 2. The first-order valence-corrected chi connectivity index (χ1v) is 5.52. The summed E-state index contributed by atoms with van der Waals surface area (Å²) in [5.41, 5.74) is 0. The van der Waals surface area contributed by atoms with Gasteiger partial charge in [0.2, 0.25) is 5.95 Å². The Morgan fingerprint density at radius 3 is 2.50 bits per heavy atom. The first-order chi connectivity index (χ1) is 6.53. The molecule has 1 aromatic heterocycles. The van der Waals surface area contributed by atoms with E-state index in [0.29, 0.717) is 5.95 Å². The second-order valence-electron chi connectivity index (χ2n) is 3.54. The Balaban J connectivity index is 2.50. The molecule has 78 valence electrons. The Morgan fingerprint density at radius 1 is 1.43 bits per heavy atom. The summed E-state index contributed by atoms with van der Waals surface area (Å²) in [6.45, 7) is 4.99. The van der Waals surface area contributed by atoms with Crippen molar-refractivity contribution in [2.45, 2.75) is 18.6 Å². The van der Waals surface area contributed by atoms with E-state index in [2.05, 4.69) is 29.1 Å². The third-order valence-corrected chi connectivity index (χ3v) is 3.09. The Morgan fingerprint density at radius 2 is 2.00 bits per heavy atom. The maximum atomic E-state index is 12.5. The second kappa shape index (κ2) is 4.59. The summed E-state index contributed by atoms with van der Waals surface area (Å²) in [4.78, 5) is 7.62. The van der Waals surface area contributed by atoms with Gasteiger partial charge in [0.1, 0.15) is 0 Å². The maximum absolute atomic E-state index is 12.5. The zero-order valence-electron chi connectivity index (χ0n) is 8.54. The zero-order valence-corrected chi connectivity index (χ0v) is 9.36. The molecule has 1 aromatic rings. The van der Waals surface area contributed by atoms with Gasteiger partial charge in [0.25, 0.3) is 0 Å². The van der Waals surface area contributed by atoms with E-state index in [1.807, 2.05) is 6.26 Å². The van der Waals surface area contributed by atoms with Gasteiger partial charge in [-0.2, -0.15) is 11.8 Å². The fourth-order valence-electron chi connectivity index (χ4n) is 0.768. The van der Waals surface area contributed by atoms with Crippen LogP contribution in [0, 0.1) is 5.82 Å². The van der Waals surface area contributed by atoms with Crippen LogP contribution in [0.4, 0.5) is 10.3 Å². The monoisotopic (exact) mass is 215 g/mol. The summed E-state index contributed by atoms with van der Waals surface area (Å²) in [6.07, 6.45) is 4.36. The highest BCUT2D eigenvalue weighted by atomic mass is 32.2. The van der Waals surface area contributed by atoms with Gasteiger partial charge in [-0.1, -0.05) is 0 Å². The third-order valence-electron chi connectivity index (χ3n) is 1.85. The van der Waals surface area contributed by atoms with Gasteiger partial charge in [-0.15, -0.1) is 0 Å². The fraction of sp³-hybridized carbons (Fsp3) is 0.556. The highest BCUT2D eigenvalue weighted by Gasteiger charge is 2.15. The van der Waals surface area contributed by atoms with Crippen molar-refractivity contribution in [3.05, 3.63) is 18.2 Å². The first-order valence-electron chi connectivity index (χ1n) is 4.30. The minimum Gasteiger partial charge on any atom is -0.353 e. The van der Waals surface area contributed by atoms with Crippen LogP contribution in [0.25, 0.3) is 0 Å². The van der Waals surface area contributed by atoms with Crippen LogP contribution in [0.3, 0.4) is 0 Å². The standard InChI is InChI=1S/C9H14FN3S/c1-9(2,14-3)6-13-8-11-4-7(10)5-12-8/h4-5H,6H2,1-3H3,(H,11,12,13). The molecule has 0 unspecified atom stereocenters. The molecule has 1 N–H and O–H groups in total. The summed E-state index contributed by atoms with van der Waals surface area (Å²) in [5, 5.41) is 3.05. The molecule has 0 fully saturated rings. The molecule has 3 nitrogen and oxygen atoms in total. The van der Waals surface area contributed by atoms with Crippen LogP contribution in [0.1, 0.15) is 13.8 Å². The van der Waals surface area contributed by atoms with E-state index in [1.165, 1.54) is 0 Å². The summed E-state index contributed by atoms with van der Waals surface area (Å²) in [5.74, 6) is 0.0493. The molecule has 0 aliphatic carbocycles. The number of hydrogen-bond acceptors (Lipinski definition) is 4. The molecule has 1 rings (SSSR count). The van der Waals surface area contributed by atoms with Gasteiger partial charge in [-0.05, 0) is 20.1 Å². The molecule has 0 spiro atoms. The average Bonchev–Trinajstić information content (AvgIpc) is 2.17. The number of anilines is 1. The van der Waals surface area contributed by atoms with Gasteiger partial charge >= 0.3 is 0 Å². The quantitative estimate of drug-likeness (QED) is 0.835. The summed E-state index contributed by atoms with van der Waals surface area (Å²) < 4.78 is 12.6. The highest BCUT2D eigenvalue weighted by Crippen LogP contribution is 2.20. The Hall–Kier alpha value is -0.840. The van der Waals surface area contributed by atoms with Crippen molar-refractivity contribution in [1.82, 2.24) is 9.97 Å². The average molecular weight is 215 g/mol. The summed E-state index contributed by atoms with van der Waals surface area (Å²) in [7, 11) is 0. The molecule has 0 aromatic carbocycles. The second-order valence-corrected chi connectivity index (χ2v) is 5.06. The van der Waals surface area contributed by atoms with E-state index in [4.69, 9.17) is 0 Å². The lowest BCUT2D eigenvalue weighted by Gasteiger charge is -2.21. The summed E-state index contributed by atoms with van der Waals surface area (Å²) in [6, 6.07) is 0. The van der Waals surface area contributed by atoms with Gasteiger partial charge in [-0.25, -0.2) is 14.4 Å². The van der Waals surface area contributed by atoms with Crippen molar-refractivity contribution in [2.75, 3.05) is 18.1 Å². The molecule has 0 saturated heterocycles. The van der Waals surface area contributed by atoms with E-state index < -0.39 is 5.82 Å². The van der Waals surface area contributed by atoms with Gasteiger partial charge in [0, 0.05) is 11.3 Å². The molecule has 0 bridgehead atoms. The van der Waals surface area contributed by atoms with E-state index in [1.54, 1.807) is 11.8 Å². The number of aromatic nitrogens is 2.